The number of hydrazine groups is 1. The Bertz CT molecular complexity index is 1020. The maximum atomic E-state index is 12.9. The van der Waals surface area contributed by atoms with Gasteiger partial charge < -0.3 is 4.90 Å². The number of thiocarbonyl (C=S) groups is 1. The van der Waals surface area contributed by atoms with Crippen molar-refractivity contribution in [1.29, 1.82) is 0 Å². The lowest BCUT2D eigenvalue weighted by Crippen LogP contribution is -2.50. The van der Waals surface area contributed by atoms with Crippen molar-refractivity contribution in [1.82, 2.24) is 10.0 Å². The summed E-state index contributed by atoms with van der Waals surface area (Å²) in [4.78, 5) is 60.9. The quantitative estimate of drug-likeness (QED) is 0.305. The Morgan fingerprint density at radius 2 is 1.79 bits per heavy atom. The zero-order chi connectivity index (χ0) is 20.9. The van der Waals surface area contributed by atoms with Gasteiger partial charge in [-0.3, -0.25) is 29.3 Å². The molecule has 2 heterocycles. The summed E-state index contributed by atoms with van der Waals surface area (Å²) in [5.41, 5.74) is 0.294. The van der Waals surface area contributed by atoms with Gasteiger partial charge in [0.15, 0.2) is 4.32 Å². The van der Waals surface area contributed by atoms with Gasteiger partial charge in [0.25, 0.3) is 17.5 Å². The molecular weight excluding hydrogens is 408 g/mol. The fraction of sp³-hybridized carbons (Fsp3) is 0.188. The first-order chi connectivity index (χ1) is 13.1. The number of nitro benzene ring substituents is 1. The van der Waals surface area contributed by atoms with Crippen LogP contribution in [0.3, 0.4) is 0 Å². The Balaban J connectivity index is 2.19. The molecule has 144 valence electrons. The van der Waals surface area contributed by atoms with Crippen LogP contribution in [0, 0.1) is 10.1 Å². The zero-order valence-corrected chi connectivity index (χ0v) is 16.4. The number of non-ortho nitro benzene ring substituents is 1. The number of benzene rings is 1. The summed E-state index contributed by atoms with van der Waals surface area (Å²) in [6.45, 7) is 2.19. The Morgan fingerprint density at radius 3 is 2.32 bits per heavy atom. The van der Waals surface area contributed by atoms with Gasteiger partial charge in [0.2, 0.25) is 11.8 Å². The van der Waals surface area contributed by atoms with Crippen molar-refractivity contribution in [2.45, 2.75) is 13.8 Å². The average molecular weight is 420 g/mol. The van der Waals surface area contributed by atoms with E-state index in [0.29, 0.717) is 10.7 Å². The maximum Gasteiger partial charge on any atom is 0.286 e. The summed E-state index contributed by atoms with van der Waals surface area (Å²) < 4.78 is -0.104. The molecule has 1 fully saturated rings. The summed E-state index contributed by atoms with van der Waals surface area (Å²) in [5, 5.41) is 12.4. The number of nitrogens with zero attached hydrogens (tertiary/aromatic N) is 4. The molecule has 2 aliphatic heterocycles. The third kappa shape index (κ3) is 2.86. The number of imide groups is 1. The highest BCUT2D eigenvalue weighted by atomic mass is 32.2. The summed E-state index contributed by atoms with van der Waals surface area (Å²) in [6, 6.07) is 3.87. The van der Waals surface area contributed by atoms with Crippen LogP contribution < -0.4 is 4.90 Å². The van der Waals surface area contributed by atoms with Crippen LogP contribution in [0.4, 0.5) is 11.4 Å². The third-order valence-electron chi connectivity index (χ3n) is 4.11. The van der Waals surface area contributed by atoms with Gasteiger partial charge in [-0.25, -0.2) is 0 Å². The van der Waals surface area contributed by atoms with Crippen molar-refractivity contribution >= 4 is 68.9 Å². The smallest absolute Gasteiger partial charge is 0.286 e. The fourth-order valence-corrected chi connectivity index (χ4v) is 4.24. The molecule has 1 aromatic carbocycles. The molecule has 12 heteroatoms. The molecule has 10 nitrogen and oxygen atoms in total. The predicted molar refractivity (Wildman–Crippen MR) is 104 cm³/mol. The number of anilines is 1. The van der Waals surface area contributed by atoms with Gasteiger partial charge in [-0.1, -0.05) is 11.8 Å². The van der Waals surface area contributed by atoms with Crippen molar-refractivity contribution < 1.29 is 24.1 Å². The molecule has 0 spiro atoms. The maximum absolute atomic E-state index is 12.9. The van der Waals surface area contributed by atoms with Crippen LogP contribution >= 0.6 is 24.0 Å². The molecule has 0 radical (unpaired) electrons. The first-order valence-corrected chi connectivity index (χ1v) is 8.97. The van der Waals surface area contributed by atoms with E-state index in [2.05, 4.69) is 0 Å². The first-order valence-electron chi connectivity index (χ1n) is 7.74. The Morgan fingerprint density at radius 1 is 1.18 bits per heavy atom. The lowest BCUT2D eigenvalue weighted by molar-refractivity contribution is -0.384. The van der Waals surface area contributed by atoms with Crippen molar-refractivity contribution in [3.8, 4) is 0 Å². The molecule has 0 bridgehead atoms. The van der Waals surface area contributed by atoms with E-state index < -0.39 is 28.6 Å². The topological polar surface area (TPSA) is 121 Å². The van der Waals surface area contributed by atoms with Crippen LogP contribution in [0.5, 0.6) is 0 Å². The molecule has 0 saturated carbocycles. The minimum Gasteiger partial charge on any atom is -0.311 e. The number of likely N-dealkylation sites (N-methyl/N-ethyl adjacent to an activating group) is 1. The number of nitro groups is 1. The van der Waals surface area contributed by atoms with Crippen molar-refractivity contribution in [3.05, 3.63) is 38.8 Å². The molecule has 0 N–H and O–H groups in total. The average Bonchev–Trinajstić information content (AvgIpc) is 3.02. The van der Waals surface area contributed by atoms with Crippen LogP contribution in [0.15, 0.2) is 23.1 Å². The van der Waals surface area contributed by atoms with Gasteiger partial charge >= 0.3 is 0 Å². The molecule has 4 amide bonds. The molecule has 0 atom stereocenters. The predicted octanol–water partition coefficient (Wildman–Crippen LogP) is 1.45. The van der Waals surface area contributed by atoms with Gasteiger partial charge in [0.1, 0.15) is 0 Å². The van der Waals surface area contributed by atoms with E-state index >= 15 is 0 Å². The Kier molecular flexibility index (Phi) is 4.77. The van der Waals surface area contributed by atoms with Crippen LogP contribution in [0.1, 0.15) is 19.4 Å². The summed E-state index contributed by atoms with van der Waals surface area (Å²) in [7, 11) is 1.47. The minimum absolute atomic E-state index is 0.0619. The molecule has 0 aliphatic carbocycles. The Hall–Kier alpha value is -3.12. The van der Waals surface area contributed by atoms with Crippen molar-refractivity contribution in [2.24, 2.45) is 0 Å². The molecule has 1 aromatic rings. The van der Waals surface area contributed by atoms with Crippen LogP contribution in [0.25, 0.3) is 5.57 Å². The van der Waals surface area contributed by atoms with Crippen molar-refractivity contribution in [2.75, 3.05) is 11.9 Å². The van der Waals surface area contributed by atoms with Gasteiger partial charge in [-0.05, 0) is 18.3 Å². The lowest BCUT2D eigenvalue weighted by atomic mass is 10.1. The van der Waals surface area contributed by atoms with Gasteiger partial charge in [-0.15, -0.1) is 0 Å². The van der Waals surface area contributed by atoms with Gasteiger partial charge in [0.05, 0.1) is 21.1 Å². The van der Waals surface area contributed by atoms with E-state index in [1.165, 1.54) is 30.1 Å². The second-order valence-electron chi connectivity index (χ2n) is 5.86. The first kappa shape index (κ1) is 19.6. The van der Waals surface area contributed by atoms with Crippen LogP contribution in [-0.2, 0) is 19.2 Å². The molecule has 3 rings (SSSR count). The number of thioether (sulfide) groups is 1. The highest BCUT2D eigenvalue weighted by Crippen LogP contribution is 2.45. The molecule has 28 heavy (non-hydrogen) atoms. The number of hydrogen-bond acceptors (Lipinski definition) is 8. The minimum atomic E-state index is -0.823. The standard InChI is InChI=1S/C16H12N4O6S2/c1-7(21)18(8(2)22)19-15(24)13(28-16(19)27)12-10-6-9(20(25)26)4-5-11(10)17(3)14(12)23/h4-6H,1-3H3. The zero-order valence-electron chi connectivity index (χ0n) is 14.8. The highest BCUT2D eigenvalue weighted by Gasteiger charge is 2.45. The van der Waals surface area contributed by atoms with Crippen molar-refractivity contribution in [3.63, 3.8) is 0 Å². The molecule has 1 saturated heterocycles. The van der Waals surface area contributed by atoms with Gasteiger partial charge in [-0.2, -0.15) is 10.0 Å². The number of amides is 4. The largest absolute Gasteiger partial charge is 0.311 e. The number of rotatable bonds is 2. The number of fused-ring (bicyclic) bond motifs is 1. The van der Waals surface area contributed by atoms with E-state index in [4.69, 9.17) is 12.2 Å². The SMILES string of the molecule is CC(=O)N(C(C)=O)N1C(=O)C(=C2C(=O)N(C)c3ccc([N+](=O)[O-])cc32)SC1=S. The van der Waals surface area contributed by atoms with Crippen LogP contribution in [0.2, 0.25) is 0 Å². The van der Waals surface area contributed by atoms with E-state index in [9.17, 15) is 29.3 Å². The second-order valence-corrected chi connectivity index (χ2v) is 7.51. The van der Waals surface area contributed by atoms with E-state index in [1.54, 1.807) is 0 Å². The lowest BCUT2D eigenvalue weighted by Gasteiger charge is -2.26. The fourth-order valence-electron chi connectivity index (χ4n) is 2.93. The molecule has 2 aliphatic rings. The summed E-state index contributed by atoms with van der Waals surface area (Å²) >= 11 is 5.88. The highest BCUT2D eigenvalue weighted by molar-refractivity contribution is 8.26. The molecule has 0 unspecified atom stereocenters. The van der Waals surface area contributed by atoms with Gasteiger partial charge in [0, 0.05) is 38.6 Å². The van der Waals surface area contributed by atoms with E-state index in [1.807, 2.05) is 0 Å². The Labute approximate surface area is 167 Å². The number of carbonyl (C=O) groups excluding carboxylic acids is 4. The number of hydrogen-bond donors (Lipinski definition) is 0. The number of carbonyl (C=O) groups is 4. The van der Waals surface area contributed by atoms with E-state index in [0.717, 1.165) is 30.6 Å². The third-order valence-corrected chi connectivity index (χ3v) is 5.47. The van der Waals surface area contributed by atoms with E-state index in [-0.39, 0.29) is 26.0 Å². The summed E-state index contributed by atoms with van der Waals surface area (Å²) in [6.07, 6.45) is 0. The molecule has 0 aromatic heterocycles. The molecular formula is C16H12N4O6S2. The summed E-state index contributed by atoms with van der Waals surface area (Å²) in [5.74, 6) is -2.81. The normalized spacial score (nSPS) is 18.6. The van der Waals surface area contributed by atoms with Crippen LogP contribution in [-0.4, -0.2) is 49.9 Å². The second kappa shape index (κ2) is 6.80. The monoisotopic (exact) mass is 420 g/mol.